The molecule has 130 valence electrons. The van der Waals surface area contributed by atoms with Crippen molar-refractivity contribution in [3.05, 3.63) is 64.7 Å². The summed E-state index contributed by atoms with van der Waals surface area (Å²) in [6.45, 7) is 4.23. The normalized spacial score (nSPS) is 15.8. The minimum Gasteiger partial charge on any atom is -0.490 e. The third kappa shape index (κ3) is 4.47. The van der Waals surface area contributed by atoms with Gasteiger partial charge in [0, 0.05) is 12.0 Å². The van der Waals surface area contributed by atoms with E-state index in [-0.39, 0.29) is 12.0 Å². The SMILES string of the molecule is CCCCc1ccc(C(=O)N/N=C/c2ccc3c(c2)C[C@@H](C)O3)cc1. The summed E-state index contributed by atoms with van der Waals surface area (Å²) < 4.78 is 5.68. The number of nitrogens with zero attached hydrogens (tertiary/aromatic N) is 1. The van der Waals surface area contributed by atoms with E-state index in [1.807, 2.05) is 36.4 Å². The molecule has 4 nitrogen and oxygen atoms in total. The summed E-state index contributed by atoms with van der Waals surface area (Å²) in [6.07, 6.45) is 6.19. The van der Waals surface area contributed by atoms with E-state index in [9.17, 15) is 4.79 Å². The molecule has 4 heteroatoms. The maximum atomic E-state index is 12.1. The number of fused-ring (bicyclic) bond motifs is 1. The average Bonchev–Trinajstić information content (AvgIpc) is 2.99. The van der Waals surface area contributed by atoms with Crippen molar-refractivity contribution < 1.29 is 9.53 Å². The van der Waals surface area contributed by atoms with Crippen molar-refractivity contribution in [3.63, 3.8) is 0 Å². The predicted molar refractivity (Wildman–Crippen MR) is 100 cm³/mol. The van der Waals surface area contributed by atoms with Crippen LogP contribution in [0.4, 0.5) is 0 Å². The first-order chi connectivity index (χ1) is 12.2. The highest BCUT2D eigenvalue weighted by molar-refractivity contribution is 5.94. The Morgan fingerprint density at radius 2 is 2.08 bits per heavy atom. The monoisotopic (exact) mass is 336 g/mol. The summed E-state index contributed by atoms with van der Waals surface area (Å²) in [5.41, 5.74) is 6.60. The molecule has 1 aliphatic rings. The van der Waals surface area contributed by atoms with Gasteiger partial charge in [0.25, 0.3) is 5.91 Å². The Bertz CT molecular complexity index is 766. The summed E-state index contributed by atoms with van der Waals surface area (Å²) >= 11 is 0. The molecule has 0 spiro atoms. The summed E-state index contributed by atoms with van der Waals surface area (Å²) in [5.74, 6) is 0.744. The van der Waals surface area contributed by atoms with E-state index in [1.54, 1.807) is 6.21 Å². The molecule has 1 amide bonds. The zero-order valence-corrected chi connectivity index (χ0v) is 14.8. The number of hydrogen-bond acceptors (Lipinski definition) is 3. The molecule has 0 bridgehead atoms. The number of hydrogen-bond donors (Lipinski definition) is 1. The summed E-state index contributed by atoms with van der Waals surface area (Å²) in [6, 6.07) is 13.7. The molecule has 0 saturated heterocycles. The minimum absolute atomic E-state index is 0.198. The zero-order chi connectivity index (χ0) is 17.6. The second-order valence-electron chi connectivity index (χ2n) is 6.50. The standard InChI is InChI=1S/C21H24N2O2/c1-3-4-5-16-6-9-18(10-7-16)21(24)23-22-14-17-8-11-20-19(13-17)12-15(2)25-20/h6-11,13-15H,3-5,12H2,1-2H3,(H,23,24)/b22-14+/t15-/m1/s1. The minimum atomic E-state index is -0.198. The van der Waals surface area contributed by atoms with Gasteiger partial charge in [0.1, 0.15) is 11.9 Å². The zero-order valence-electron chi connectivity index (χ0n) is 14.8. The van der Waals surface area contributed by atoms with Gasteiger partial charge in [-0.05, 0) is 66.8 Å². The van der Waals surface area contributed by atoms with Crippen LogP contribution in [0.15, 0.2) is 47.6 Å². The van der Waals surface area contributed by atoms with Crippen molar-refractivity contribution in [3.8, 4) is 5.75 Å². The smallest absolute Gasteiger partial charge is 0.271 e. The molecule has 0 fully saturated rings. The second-order valence-corrected chi connectivity index (χ2v) is 6.50. The third-order valence-electron chi connectivity index (χ3n) is 4.33. The molecule has 0 aromatic heterocycles. The van der Waals surface area contributed by atoms with Crippen molar-refractivity contribution in [2.45, 2.75) is 45.6 Å². The van der Waals surface area contributed by atoms with Crippen LogP contribution in [-0.2, 0) is 12.8 Å². The maximum absolute atomic E-state index is 12.1. The number of benzene rings is 2. The van der Waals surface area contributed by atoms with Crippen LogP contribution in [0.2, 0.25) is 0 Å². The fraction of sp³-hybridized carbons (Fsp3) is 0.333. The van der Waals surface area contributed by atoms with Gasteiger partial charge in [-0.25, -0.2) is 5.43 Å². The number of amides is 1. The van der Waals surface area contributed by atoms with Gasteiger partial charge in [-0.15, -0.1) is 0 Å². The lowest BCUT2D eigenvalue weighted by atomic mass is 10.1. The van der Waals surface area contributed by atoms with E-state index in [0.717, 1.165) is 24.2 Å². The number of unbranched alkanes of at least 4 members (excludes halogenated alkanes) is 1. The van der Waals surface area contributed by atoms with Crippen molar-refractivity contribution >= 4 is 12.1 Å². The van der Waals surface area contributed by atoms with E-state index in [1.165, 1.54) is 24.0 Å². The fourth-order valence-electron chi connectivity index (χ4n) is 2.96. The van der Waals surface area contributed by atoms with Gasteiger partial charge in [-0.3, -0.25) is 4.79 Å². The van der Waals surface area contributed by atoms with Gasteiger partial charge in [0.15, 0.2) is 0 Å². The van der Waals surface area contributed by atoms with Crippen molar-refractivity contribution in [2.24, 2.45) is 5.10 Å². The molecule has 1 atom stereocenters. The van der Waals surface area contributed by atoms with E-state index >= 15 is 0 Å². The highest BCUT2D eigenvalue weighted by Gasteiger charge is 2.18. The van der Waals surface area contributed by atoms with Crippen LogP contribution in [-0.4, -0.2) is 18.2 Å². The molecule has 2 aromatic rings. The maximum Gasteiger partial charge on any atom is 0.271 e. The molecule has 1 heterocycles. The van der Waals surface area contributed by atoms with Crippen molar-refractivity contribution in [2.75, 3.05) is 0 Å². The molecule has 1 aliphatic heterocycles. The van der Waals surface area contributed by atoms with Crippen molar-refractivity contribution in [1.82, 2.24) is 5.43 Å². The Kier molecular flexibility index (Phi) is 5.49. The predicted octanol–water partition coefficient (Wildman–Crippen LogP) is 4.12. The van der Waals surface area contributed by atoms with Crippen LogP contribution in [0.5, 0.6) is 5.75 Å². The number of rotatable bonds is 6. The number of aryl methyl sites for hydroxylation is 1. The highest BCUT2D eigenvalue weighted by Crippen LogP contribution is 2.28. The molecule has 3 rings (SSSR count). The van der Waals surface area contributed by atoms with Gasteiger partial charge in [-0.1, -0.05) is 25.5 Å². The quantitative estimate of drug-likeness (QED) is 0.637. The highest BCUT2D eigenvalue weighted by atomic mass is 16.5. The van der Waals surface area contributed by atoms with Gasteiger partial charge < -0.3 is 4.74 Å². The lowest BCUT2D eigenvalue weighted by Crippen LogP contribution is -2.17. The first kappa shape index (κ1) is 17.2. The number of ether oxygens (including phenoxy) is 1. The molecule has 0 radical (unpaired) electrons. The number of carbonyl (C=O) groups is 1. The molecular formula is C21H24N2O2. The van der Waals surface area contributed by atoms with Crippen LogP contribution in [0.1, 0.15) is 53.7 Å². The van der Waals surface area contributed by atoms with Crippen LogP contribution in [0.3, 0.4) is 0 Å². The lowest BCUT2D eigenvalue weighted by Gasteiger charge is -2.03. The topological polar surface area (TPSA) is 50.7 Å². The lowest BCUT2D eigenvalue weighted by molar-refractivity contribution is 0.0955. The third-order valence-corrected chi connectivity index (χ3v) is 4.33. The van der Waals surface area contributed by atoms with Crippen LogP contribution in [0, 0.1) is 0 Å². The van der Waals surface area contributed by atoms with Crippen LogP contribution < -0.4 is 10.2 Å². The molecule has 2 aromatic carbocycles. The fourth-order valence-corrected chi connectivity index (χ4v) is 2.96. The Morgan fingerprint density at radius 3 is 2.84 bits per heavy atom. The molecule has 0 unspecified atom stereocenters. The second kappa shape index (κ2) is 7.97. The van der Waals surface area contributed by atoms with Crippen LogP contribution >= 0.6 is 0 Å². The first-order valence-electron chi connectivity index (χ1n) is 8.87. The Balaban J connectivity index is 1.57. The summed E-state index contributed by atoms with van der Waals surface area (Å²) in [7, 11) is 0. The van der Waals surface area contributed by atoms with Gasteiger partial charge in [-0.2, -0.15) is 5.10 Å². The van der Waals surface area contributed by atoms with E-state index in [0.29, 0.717) is 5.56 Å². The van der Waals surface area contributed by atoms with Gasteiger partial charge in [0.2, 0.25) is 0 Å². The molecule has 0 saturated carbocycles. The van der Waals surface area contributed by atoms with Gasteiger partial charge >= 0.3 is 0 Å². The summed E-state index contributed by atoms with van der Waals surface area (Å²) in [5, 5.41) is 4.07. The first-order valence-corrected chi connectivity index (χ1v) is 8.87. The Morgan fingerprint density at radius 1 is 1.28 bits per heavy atom. The van der Waals surface area contributed by atoms with Crippen molar-refractivity contribution in [1.29, 1.82) is 0 Å². The number of nitrogens with one attached hydrogen (secondary N) is 1. The summed E-state index contributed by atoms with van der Waals surface area (Å²) in [4.78, 5) is 12.1. The molecular weight excluding hydrogens is 312 g/mol. The molecule has 1 N–H and O–H groups in total. The van der Waals surface area contributed by atoms with E-state index < -0.39 is 0 Å². The average molecular weight is 336 g/mol. The van der Waals surface area contributed by atoms with Gasteiger partial charge in [0.05, 0.1) is 6.21 Å². The number of carbonyl (C=O) groups excluding carboxylic acids is 1. The van der Waals surface area contributed by atoms with E-state index in [2.05, 4.69) is 30.4 Å². The van der Waals surface area contributed by atoms with Crippen LogP contribution in [0.25, 0.3) is 0 Å². The number of hydrazone groups is 1. The molecule has 0 aliphatic carbocycles. The molecule has 25 heavy (non-hydrogen) atoms. The largest absolute Gasteiger partial charge is 0.490 e. The Hall–Kier alpha value is -2.62. The Labute approximate surface area is 148 Å². The van der Waals surface area contributed by atoms with E-state index in [4.69, 9.17) is 4.74 Å².